The van der Waals surface area contributed by atoms with Gasteiger partial charge in [-0.1, -0.05) is 28.1 Å². The molecule has 0 aliphatic rings. The molecular formula is C14H20BrNO3. The molecule has 19 heavy (non-hydrogen) atoms. The van der Waals surface area contributed by atoms with Crippen molar-refractivity contribution in [3.05, 3.63) is 34.3 Å². The highest BCUT2D eigenvalue weighted by Gasteiger charge is 2.13. The van der Waals surface area contributed by atoms with Crippen LogP contribution in [0.15, 0.2) is 28.7 Å². The van der Waals surface area contributed by atoms with Crippen LogP contribution in [-0.4, -0.2) is 30.3 Å². The number of hydrogen-bond acceptors (Lipinski definition) is 4. The monoisotopic (exact) mass is 329 g/mol. The van der Waals surface area contributed by atoms with Crippen molar-refractivity contribution in [3.8, 4) is 0 Å². The zero-order valence-corrected chi connectivity index (χ0v) is 12.8. The molecule has 5 heteroatoms. The number of benzene rings is 1. The summed E-state index contributed by atoms with van der Waals surface area (Å²) < 4.78 is 5.81. The highest BCUT2D eigenvalue weighted by molar-refractivity contribution is 9.10. The number of nitrogens with one attached hydrogen (secondary N) is 1. The lowest BCUT2D eigenvalue weighted by molar-refractivity contribution is -0.145. The summed E-state index contributed by atoms with van der Waals surface area (Å²) in [6.45, 7) is 4.46. The molecule has 0 aliphatic carbocycles. The van der Waals surface area contributed by atoms with Crippen LogP contribution in [0.2, 0.25) is 0 Å². The molecular weight excluding hydrogens is 310 g/mol. The van der Waals surface area contributed by atoms with Gasteiger partial charge in [-0.05, 0) is 31.5 Å². The summed E-state index contributed by atoms with van der Waals surface area (Å²) in [4.78, 5) is 11.2. The predicted octanol–water partition coefficient (Wildman–Crippen LogP) is 2.41. The van der Waals surface area contributed by atoms with Crippen LogP contribution in [0, 0.1) is 0 Å². The minimum Gasteiger partial charge on any atom is -0.466 e. The molecule has 4 nitrogen and oxygen atoms in total. The fourth-order valence-electron chi connectivity index (χ4n) is 1.69. The molecule has 2 N–H and O–H groups in total. The van der Waals surface area contributed by atoms with Gasteiger partial charge in [-0.25, -0.2) is 0 Å². The molecule has 1 rings (SSSR count). The van der Waals surface area contributed by atoms with Crippen molar-refractivity contribution < 1.29 is 14.6 Å². The second-order valence-electron chi connectivity index (χ2n) is 4.35. The number of carbonyl (C=O) groups is 1. The molecule has 106 valence electrons. The maximum atomic E-state index is 11.2. The molecule has 1 unspecified atom stereocenters. The zero-order valence-electron chi connectivity index (χ0n) is 11.2. The fraction of sp³-hybridized carbons (Fsp3) is 0.500. The van der Waals surface area contributed by atoms with Crippen molar-refractivity contribution in [3.63, 3.8) is 0 Å². The Bertz CT molecular complexity index is 411. The molecule has 2 atom stereocenters. The molecule has 0 saturated carbocycles. The first-order valence-electron chi connectivity index (χ1n) is 6.35. The molecule has 0 heterocycles. The summed E-state index contributed by atoms with van der Waals surface area (Å²) in [6, 6.07) is 8.07. The van der Waals surface area contributed by atoms with Crippen LogP contribution in [0.1, 0.15) is 31.9 Å². The number of aliphatic hydroxyl groups excluding tert-OH is 1. The lowest BCUT2D eigenvalue weighted by Gasteiger charge is -2.17. The summed E-state index contributed by atoms with van der Waals surface area (Å²) in [6.07, 6.45) is -0.708. The van der Waals surface area contributed by atoms with Crippen LogP contribution >= 0.6 is 15.9 Å². The Hall–Kier alpha value is -0.910. The molecule has 0 spiro atoms. The third-order valence-corrected chi connectivity index (χ3v) is 3.21. The first kappa shape index (κ1) is 16.1. The SMILES string of the molecule is CCOC(=O)CC(O)CN[C@@H](C)c1cccc(Br)c1. The summed E-state index contributed by atoms with van der Waals surface area (Å²) >= 11 is 3.42. The van der Waals surface area contributed by atoms with Gasteiger partial charge in [-0.15, -0.1) is 0 Å². The second-order valence-corrected chi connectivity index (χ2v) is 5.26. The van der Waals surface area contributed by atoms with E-state index in [1.54, 1.807) is 6.92 Å². The van der Waals surface area contributed by atoms with Gasteiger partial charge in [0.25, 0.3) is 0 Å². The van der Waals surface area contributed by atoms with Crippen molar-refractivity contribution in [1.82, 2.24) is 5.32 Å². The Labute approximate surface area is 122 Å². The van der Waals surface area contributed by atoms with Crippen molar-refractivity contribution in [2.24, 2.45) is 0 Å². The van der Waals surface area contributed by atoms with E-state index < -0.39 is 6.10 Å². The van der Waals surface area contributed by atoms with E-state index in [9.17, 15) is 9.90 Å². The van der Waals surface area contributed by atoms with Gasteiger partial charge in [-0.3, -0.25) is 4.79 Å². The largest absolute Gasteiger partial charge is 0.466 e. The number of halogens is 1. The number of carbonyl (C=O) groups excluding carboxylic acids is 1. The number of rotatable bonds is 7. The highest BCUT2D eigenvalue weighted by atomic mass is 79.9. The van der Waals surface area contributed by atoms with Gasteiger partial charge in [0.1, 0.15) is 0 Å². The fourth-order valence-corrected chi connectivity index (χ4v) is 2.11. The smallest absolute Gasteiger partial charge is 0.308 e. The van der Waals surface area contributed by atoms with Crippen molar-refractivity contribution in [2.45, 2.75) is 32.4 Å². The van der Waals surface area contributed by atoms with Crippen LogP contribution in [0.4, 0.5) is 0 Å². The lowest BCUT2D eigenvalue weighted by atomic mass is 10.1. The third-order valence-electron chi connectivity index (χ3n) is 2.72. The summed E-state index contributed by atoms with van der Waals surface area (Å²) in [5.74, 6) is -0.369. The molecule has 0 bridgehead atoms. The van der Waals surface area contributed by atoms with Crippen LogP contribution in [-0.2, 0) is 9.53 Å². The van der Waals surface area contributed by atoms with Gasteiger partial charge in [0, 0.05) is 17.1 Å². The first-order valence-corrected chi connectivity index (χ1v) is 7.14. The Morgan fingerprint density at radius 1 is 1.53 bits per heavy atom. The summed E-state index contributed by atoms with van der Waals surface area (Å²) in [5, 5.41) is 12.9. The van der Waals surface area contributed by atoms with Gasteiger partial charge in [0.05, 0.1) is 19.1 Å². The van der Waals surface area contributed by atoms with Crippen molar-refractivity contribution >= 4 is 21.9 Å². The molecule has 0 fully saturated rings. The predicted molar refractivity (Wildman–Crippen MR) is 77.8 cm³/mol. The van der Waals surface area contributed by atoms with Crippen LogP contribution in [0.5, 0.6) is 0 Å². The van der Waals surface area contributed by atoms with Gasteiger partial charge < -0.3 is 15.2 Å². The maximum Gasteiger partial charge on any atom is 0.308 e. The van der Waals surface area contributed by atoms with E-state index >= 15 is 0 Å². The lowest BCUT2D eigenvalue weighted by Crippen LogP contribution is -2.31. The normalized spacial score (nSPS) is 13.9. The van der Waals surface area contributed by atoms with E-state index in [0.717, 1.165) is 10.0 Å². The zero-order chi connectivity index (χ0) is 14.3. The van der Waals surface area contributed by atoms with Gasteiger partial charge >= 0.3 is 5.97 Å². The van der Waals surface area contributed by atoms with Crippen LogP contribution in [0.25, 0.3) is 0 Å². The van der Waals surface area contributed by atoms with Crippen LogP contribution in [0.3, 0.4) is 0 Å². The summed E-state index contributed by atoms with van der Waals surface area (Å²) in [7, 11) is 0. The number of aliphatic hydroxyl groups is 1. The molecule has 0 aromatic heterocycles. The molecule has 0 radical (unpaired) electrons. The topological polar surface area (TPSA) is 58.6 Å². The first-order chi connectivity index (χ1) is 9.02. The highest BCUT2D eigenvalue weighted by Crippen LogP contribution is 2.17. The average Bonchev–Trinajstić information content (AvgIpc) is 2.36. The van der Waals surface area contributed by atoms with E-state index in [-0.39, 0.29) is 18.4 Å². The standard InChI is InChI=1S/C14H20BrNO3/c1-3-19-14(18)8-13(17)9-16-10(2)11-5-4-6-12(15)7-11/h4-7,10,13,16-17H,3,8-9H2,1-2H3/t10-,13?/m0/s1. The van der Waals surface area contributed by atoms with E-state index in [1.165, 1.54) is 0 Å². The van der Waals surface area contributed by atoms with Gasteiger partial charge in [0.15, 0.2) is 0 Å². The van der Waals surface area contributed by atoms with Gasteiger partial charge in [-0.2, -0.15) is 0 Å². The second kappa shape index (κ2) is 8.30. The van der Waals surface area contributed by atoms with Crippen molar-refractivity contribution in [2.75, 3.05) is 13.2 Å². The minimum atomic E-state index is -0.728. The number of esters is 1. The van der Waals surface area contributed by atoms with Crippen LogP contribution < -0.4 is 5.32 Å². The van der Waals surface area contributed by atoms with E-state index in [4.69, 9.17) is 4.74 Å². The Balaban J connectivity index is 2.37. The summed E-state index contributed by atoms with van der Waals surface area (Å²) in [5.41, 5.74) is 1.12. The third kappa shape index (κ3) is 6.18. The molecule has 0 amide bonds. The Morgan fingerprint density at radius 2 is 2.26 bits per heavy atom. The Kier molecular flexibility index (Phi) is 7.05. The molecule has 0 saturated heterocycles. The Morgan fingerprint density at radius 3 is 2.89 bits per heavy atom. The quantitative estimate of drug-likeness (QED) is 0.754. The molecule has 1 aromatic carbocycles. The van der Waals surface area contributed by atoms with E-state index in [2.05, 4.69) is 21.2 Å². The molecule has 1 aromatic rings. The number of ether oxygens (including phenoxy) is 1. The number of hydrogen-bond donors (Lipinski definition) is 2. The van der Waals surface area contributed by atoms with Crippen molar-refractivity contribution in [1.29, 1.82) is 0 Å². The maximum absolute atomic E-state index is 11.2. The van der Waals surface area contributed by atoms with E-state index in [1.807, 2.05) is 31.2 Å². The van der Waals surface area contributed by atoms with Gasteiger partial charge in [0.2, 0.25) is 0 Å². The minimum absolute atomic E-state index is 0.0199. The van der Waals surface area contributed by atoms with E-state index in [0.29, 0.717) is 13.2 Å². The average molecular weight is 330 g/mol. The molecule has 0 aliphatic heterocycles.